The Bertz CT molecular complexity index is 192. The van der Waals surface area contributed by atoms with Crippen molar-refractivity contribution in [2.75, 3.05) is 41.3 Å². The zero-order chi connectivity index (χ0) is 13.3. The van der Waals surface area contributed by atoms with E-state index < -0.39 is 0 Å². The summed E-state index contributed by atoms with van der Waals surface area (Å²) in [6.07, 6.45) is 6.06. The maximum Gasteiger partial charge on any atom is 0.0740 e. The summed E-state index contributed by atoms with van der Waals surface area (Å²) in [5.41, 5.74) is 0. The fourth-order valence-electron chi connectivity index (χ4n) is 1.80. The van der Waals surface area contributed by atoms with Crippen LogP contribution in [0.2, 0.25) is 0 Å². The lowest BCUT2D eigenvalue weighted by molar-refractivity contribution is -0.0294. The first-order chi connectivity index (χ1) is 7.99. The molecule has 0 aliphatic carbocycles. The van der Waals surface area contributed by atoms with Gasteiger partial charge in [0, 0.05) is 13.1 Å². The summed E-state index contributed by atoms with van der Waals surface area (Å²) < 4.78 is 6.13. The topological polar surface area (TPSA) is 15.7 Å². The minimum absolute atomic E-state index is 0.215. The lowest BCUT2D eigenvalue weighted by Gasteiger charge is -2.27. The van der Waals surface area contributed by atoms with Crippen molar-refractivity contribution >= 4 is 0 Å². The Morgan fingerprint density at radius 3 is 1.47 bits per heavy atom. The number of hydrogen-bond acceptors (Lipinski definition) is 3. The Morgan fingerprint density at radius 2 is 1.24 bits per heavy atom. The SMILES string of the molecule is C=CCC(CN(C)C)OC(CC=C)CN(C)C. The van der Waals surface area contributed by atoms with Gasteiger partial charge in [0.05, 0.1) is 12.2 Å². The molecule has 2 unspecified atom stereocenters. The number of nitrogens with zero attached hydrogens (tertiary/aromatic N) is 2. The first-order valence-electron chi connectivity index (χ1n) is 6.16. The molecule has 0 aromatic heterocycles. The van der Waals surface area contributed by atoms with E-state index in [4.69, 9.17) is 4.74 Å². The molecule has 2 atom stereocenters. The predicted octanol–water partition coefficient (Wildman–Crippen LogP) is 2.02. The highest BCUT2D eigenvalue weighted by molar-refractivity contribution is 4.80. The van der Waals surface area contributed by atoms with Crippen molar-refractivity contribution in [1.82, 2.24) is 9.80 Å². The highest BCUT2D eigenvalue weighted by Crippen LogP contribution is 2.09. The molecule has 17 heavy (non-hydrogen) atoms. The van der Waals surface area contributed by atoms with Gasteiger partial charge in [-0.3, -0.25) is 0 Å². The van der Waals surface area contributed by atoms with Gasteiger partial charge in [0.15, 0.2) is 0 Å². The van der Waals surface area contributed by atoms with Gasteiger partial charge in [-0.15, -0.1) is 13.2 Å². The van der Waals surface area contributed by atoms with Crippen LogP contribution in [0.15, 0.2) is 25.3 Å². The Hall–Kier alpha value is -0.640. The van der Waals surface area contributed by atoms with Gasteiger partial charge in [-0.1, -0.05) is 12.2 Å². The molecule has 0 aliphatic heterocycles. The summed E-state index contributed by atoms with van der Waals surface area (Å²) in [6, 6.07) is 0. The van der Waals surface area contributed by atoms with Gasteiger partial charge < -0.3 is 14.5 Å². The second kappa shape index (κ2) is 9.40. The molecule has 0 aliphatic rings. The fourth-order valence-corrected chi connectivity index (χ4v) is 1.80. The molecular formula is C14H28N2O. The maximum absolute atomic E-state index is 6.13. The Morgan fingerprint density at radius 1 is 0.882 bits per heavy atom. The van der Waals surface area contributed by atoms with E-state index in [1.54, 1.807) is 0 Å². The van der Waals surface area contributed by atoms with Crippen molar-refractivity contribution in [1.29, 1.82) is 0 Å². The summed E-state index contributed by atoms with van der Waals surface area (Å²) in [4.78, 5) is 4.30. The van der Waals surface area contributed by atoms with E-state index in [0.717, 1.165) is 25.9 Å². The molecule has 0 amide bonds. The molecule has 100 valence electrons. The fraction of sp³-hybridized carbons (Fsp3) is 0.714. The second-order valence-electron chi connectivity index (χ2n) is 4.95. The Balaban J connectivity index is 4.31. The molecule has 3 heteroatoms. The zero-order valence-corrected chi connectivity index (χ0v) is 11.9. The molecule has 0 aromatic carbocycles. The first-order valence-corrected chi connectivity index (χ1v) is 6.16. The summed E-state index contributed by atoms with van der Waals surface area (Å²) in [6.45, 7) is 9.43. The molecule has 0 rings (SSSR count). The predicted molar refractivity (Wildman–Crippen MR) is 75.4 cm³/mol. The van der Waals surface area contributed by atoms with E-state index >= 15 is 0 Å². The number of hydrogen-bond donors (Lipinski definition) is 0. The lowest BCUT2D eigenvalue weighted by atomic mass is 10.2. The van der Waals surface area contributed by atoms with Gasteiger partial charge in [-0.2, -0.15) is 0 Å². The van der Waals surface area contributed by atoms with E-state index in [1.165, 1.54) is 0 Å². The van der Waals surface area contributed by atoms with Crippen LogP contribution in [0.5, 0.6) is 0 Å². The van der Waals surface area contributed by atoms with Crippen molar-refractivity contribution in [3.63, 3.8) is 0 Å². The highest BCUT2D eigenvalue weighted by Gasteiger charge is 2.16. The molecule has 0 fully saturated rings. The number of ether oxygens (including phenoxy) is 1. The molecule has 0 saturated carbocycles. The zero-order valence-electron chi connectivity index (χ0n) is 11.9. The van der Waals surface area contributed by atoms with E-state index in [0.29, 0.717) is 0 Å². The number of rotatable bonds is 10. The minimum atomic E-state index is 0.215. The molecule has 0 heterocycles. The second-order valence-corrected chi connectivity index (χ2v) is 4.95. The summed E-state index contributed by atoms with van der Waals surface area (Å²) in [5.74, 6) is 0. The van der Waals surface area contributed by atoms with Gasteiger partial charge in [0.1, 0.15) is 0 Å². The third-order valence-electron chi connectivity index (χ3n) is 2.38. The van der Waals surface area contributed by atoms with Crippen LogP contribution < -0.4 is 0 Å². The van der Waals surface area contributed by atoms with Crippen molar-refractivity contribution in [2.24, 2.45) is 0 Å². The van der Waals surface area contributed by atoms with Crippen molar-refractivity contribution in [3.05, 3.63) is 25.3 Å². The standard InChI is InChI=1S/C14H28N2O/c1-7-9-13(11-15(3)4)17-14(10-8-2)12-16(5)6/h7-8,13-14H,1-2,9-12H2,3-6H3. The van der Waals surface area contributed by atoms with E-state index in [-0.39, 0.29) is 12.2 Å². The van der Waals surface area contributed by atoms with Crippen molar-refractivity contribution < 1.29 is 4.74 Å². The van der Waals surface area contributed by atoms with Crippen LogP contribution in [-0.4, -0.2) is 63.3 Å². The van der Waals surface area contributed by atoms with Crippen LogP contribution in [0.1, 0.15) is 12.8 Å². The third kappa shape index (κ3) is 9.10. The van der Waals surface area contributed by atoms with E-state index in [1.807, 2.05) is 12.2 Å². The highest BCUT2D eigenvalue weighted by atomic mass is 16.5. The molecule has 0 N–H and O–H groups in total. The van der Waals surface area contributed by atoms with Gasteiger partial charge >= 0.3 is 0 Å². The Kier molecular flexibility index (Phi) is 9.04. The van der Waals surface area contributed by atoms with E-state index in [2.05, 4.69) is 51.1 Å². The monoisotopic (exact) mass is 240 g/mol. The Labute approximate surface area is 107 Å². The van der Waals surface area contributed by atoms with Crippen molar-refractivity contribution in [2.45, 2.75) is 25.0 Å². The van der Waals surface area contributed by atoms with Crippen LogP contribution in [-0.2, 0) is 4.74 Å². The van der Waals surface area contributed by atoms with Crippen LogP contribution >= 0.6 is 0 Å². The van der Waals surface area contributed by atoms with E-state index in [9.17, 15) is 0 Å². The largest absolute Gasteiger partial charge is 0.372 e. The van der Waals surface area contributed by atoms with Gasteiger partial charge in [0.2, 0.25) is 0 Å². The average molecular weight is 240 g/mol. The third-order valence-corrected chi connectivity index (χ3v) is 2.38. The molecule has 0 spiro atoms. The normalized spacial score (nSPS) is 14.9. The molecule has 0 radical (unpaired) electrons. The van der Waals surface area contributed by atoms with Crippen molar-refractivity contribution in [3.8, 4) is 0 Å². The first kappa shape index (κ1) is 16.4. The van der Waals surface area contributed by atoms with Crippen LogP contribution in [0.25, 0.3) is 0 Å². The lowest BCUT2D eigenvalue weighted by Crippen LogP contribution is -2.36. The summed E-state index contributed by atoms with van der Waals surface area (Å²) in [5, 5.41) is 0. The minimum Gasteiger partial charge on any atom is -0.372 e. The number of likely N-dealkylation sites (N-methyl/N-ethyl adjacent to an activating group) is 2. The quantitative estimate of drug-likeness (QED) is 0.543. The molecule has 0 aromatic rings. The molecule has 3 nitrogen and oxygen atoms in total. The van der Waals surface area contributed by atoms with Crippen LogP contribution in [0, 0.1) is 0 Å². The average Bonchev–Trinajstić information content (AvgIpc) is 2.16. The molecule has 0 saturated heterocycles. The van der Waals surface area contributed by atoms with Gasteiger partial charge in [-0.25, -0.2) is 0 Å². The van der Waals surface area contributed by atoms with Crippen LogP contribution in [0.4, 0.5) is 0 Å². The van der Waals surface area contributed by atoms with Gasteiger partial charge in [0.25, 0.3) is 0 Å². The smallest absolute Gasteiger partial charge is 0.0740 e. The summed E-state index contributed by atoms with van der Waals surface area (Å²) >= 11 is 0. The molecular weight excluding hydrogens is 212 g/mol. The maximum atomic E-state index is 6.13. The molecule has 0 bridgehead atoms. The van der Waals surface area contributed by atoms with Crippen LogP contribution in [0.3, 0.4) is 0 Å². The van der Waals surface area contributed by atoms with Gasteiger partial charge in [-0.05, 0) is 41.0 Å². The summed E-state index contributed by atoms with van der Waals surface area (Å²) in [7, 11) is 8.25.